The zero-order valence-corrected chi connectivity index (χ0v) is 16.6. The first-order valence-corrected chi connectivity index (χ1v) is 10.3. The first-order chi connectivity index (χ1) is 13.1. The number of nitrogens with zero attached hydrogens (tertiary/aromatic N) is 3. The average molecular weight is 377 g/mol. The van der Waals surface area contributed by atoms with Crippen LogP contribution in [-0.2, 0) is 16.0 Å². The Labute approximate surface area is 161 Å². The van der Waals surface area contributed by atoms with Crippen molar-refractivity contribution in [2.24, 2.45) is 5.92 Å². The van der Waals surface area contributed by atoms with Gasteiger partial charge in [0.2, 0.25) is 11.9 Å². The second kappa shape index (κ2) is 9.35. The van der Waals surface area contributed by atoms with Gasteiger partial charge in [-0.05, 0) is 38.5 Å². The van der Waals surface area contributed by atoms with Gasteiger partial charge in [0.1, 0.15) is 0 Å². The highest BCUT2D eigenvalue weighted by Gasteiger charge is 2.21. The first kappa shape index (κ1) is 19.9. The number of hydrogen-bond acceptors (Lipinski definition) is 5. The molecule has 1 aromatic rings. The van der Waals surface area contributed by atoms with Gasteiger partial charge in [-0.15, -0.1) is 0 Å². The van der Waals surface area contributed by atoms with Crippen LogP contribution in [0.5, 0.6) is 0 Å². The number of rotatable bonds is 5. The molecule has 7 heteroatoms. The van der Waals surface area contributed by atoms with Crippen LogP contribution in [0.1, 0.15) is 50.3 Å². The molecule has 0 bridgehead atoms. The Balaban J connectivity index is 1.60. The molecule has 2 aliphatic rings. The first-order valence-electron chi connectivity index (χ1n) is 10.3. The van der Waals surface area contributed by atoms with E-state index in [9.17, 15) is 9.59 Å². The van der Waals surface area contributed by atoms with Crippen LogP contribution in [-0.4, -0.2) is 60.2 Å². The summed E-state index contributed by atoms with van der Waals surface area (Å²) >= 11 is 0. The fourth-order valence-electron chi connectivity index (χ4n) is 4.03. The van der Waals surface area contributed by atoms with E-state index in [1.54, 1.807) is 0 Å². The van der Waals surface area contributed by atoms with Crippen LogP contribution >= 0.6 is 0 Å². The fourth-order valence-corrected chi connectivity index (χ4v) is 4.03. The normalized spacial score (nSPS) is 21.2. The molecule has 2 fully saturated rings. The van der Waals surface area contributed by atoms with Crippen molar-refractivity contribution in [3.8, 4) is 0 Å². The number of nitrogens with one attached hydrogen (secondary N) is 1. The number of H-pyrrole nitrogens is 1. The van der Waals surface area contributed by atoms with Crippen molar-refractivity contribution in [3.05, 3.63) is 21.6 Å². The quantitative estimate of drug-likeness (QED) is 0.849. The van der Waals surface area contributed by atoms with Crippen molar-refractivity contribution >= 4 is 11.9 Å². The molecule has 3 heterocycles. The van der Waals surface area contributed by atoms with Gasteiger partial charge in [0.25, 0.3) is 5.56 Å². The highest BCUT2D eigenvalue weighted by Crippen LogP contribution is 2.21. The number of amides is 1. The molecule has 0 saturated carbocycles. The number of ether oxygens (including phenoxy) is 1. The summed E-state index contributed by atoms with van der Waals surface area (Å²) in [6.45, 7) is 8.53. The Hall–Kier alpha value is -1.89. The average Bonchev–Trinajstić information content (AvgIpc) is 2.93. The van der Waals surface area contributed by atoms with Crippen LogP contribution in [0, 0.1) is 12.8 Å². The van der Waals surface area contributed by atoms with Gasteiger partial charge in [-0.1, -0.05) is 13.3 Å². The van der Waals surface area contributed by atoms with Crippen LogP contribution in [0.2, 0.25) is 0 Å². The van der Waals surface area contributed by atoms with Crippen LogP contribution < -0.4 is 10.5 Å². The van der Waals surface area contributed by atoms with Gasteiger partial charge in [-0.2, -0.15) is 0 Å². The van der Waals surface area contributed by atoms with Gasteiger partial charge in [0, 0.05) is 43.9 Å². The van der Waals surface area contributed by atoms with Crippen LogP contribution in [0.3, 0.4) is 0 Å². The van der Waals surface area contributed by atoms with Crippen LogP contribution in [0.4, 0.5) is 5.95 Å². The summed E-state index contributed by atoms with van der Waals surface area (Å²) < 4.78 is 5.35. The number of carbonyl (C=O) groups is 1. The Bertz CT molecular complexity index is 697. The number of hydrogen-bond donors (Lipinski definition) is 1. The van der Waals surface area contributed by atoms with E-state index in [-0.39, 0.29) is 11.5 Å². The number of carbonyl (C=O) groups excluding carboxylic acids is 1. The van der Waals surface area contributed by atoms with E-state index < -0.39 is 0 Å². The van der Waals surface area contributed by atoms with Crippen LogP contribution in [0.25, 0.3) is 0 Å². The summed E-state index contributed by atoms with van der Waals surface area (Å²) in [6, 6.07) is 0. The lowest BCUT2D eigenvalue weighted by molar-refractivity contribution is -0.131. The second-order valence-electron chi connectivity index (χ2n) is 7.64. The summed E-state index contributed by atoms with van der Waals surface area (Å²) in [5.41, 5.74) is 1.22. The Morgan fingerprint density at radius 1 is 1.22 bits per heavy atom. The molecule has 1 aromatic heterocycles. The summed E-state index contributed by atoms with van der Waals surface area (Å²) in [4.78, 5) is 36.7. The summed E-state index contributed by atoms with van der Waals surface area (Å²) in [7, 11) is 0. The molecular weight excluding hydrogens is 344 g/mol. The van der Waals surface area contributed by atoms with Crippen molar-refractivity contribution in [3.63, 3.8) is 0 Å². The van der Waals surface area contributed by atoms with E-state index >= 15 is 0 Å². The van der Waals surface area contributed by atoms with Crippen molar-refractivity contribution in [1.29, 1.82) is 0 Å². The molecular formula is C20H32N4O3. The molecule has 3 rings (SSSR count). The number of anilines is 1. The van der Waals surface area contributed by atoms with E-state index in [0.717, 1.165) is 50.6 Å². The Morgan fingerprint density at radius 3 is 2.70 bits per heavy atom. The molecule has 0 aromatic carbocycles. The number of morpholine rings is 1. The molecule has 0 aliphatic carbocycles. The lowest BCUT2D eigenvalue weighted by atomic mass is 9.98. The predicted octanol–water partition coefficient (Wildman–Crippen LogP) is 1.89. The van der Waals surface area contributed by atoms with Crippen molar-refractivity contribution in [2.75, 3.05) is 44.3 Å². The summed E-state index contributed by atoms with van der Waals surface area (Å²) in [6.07, 6.45) is 5.41. The number of aromatic amines is 1. The minimum Gasteiger partial charge on any atom is -0.378 e. The molecule has 2 saturated heterocycles. The molecule has 7 nitrogen and oxygen atoms in total. The van der Waals surface area contributed by atoms with Crippen molar-refractivity contribution < 1.29 is 9.53 Å². The highest BCUT2D eigenvalue weighted by atomic mass is 16.5. The summed E-state index contributed by atoms with van der Waals surface area (Å²) in [5.74, 6) is 1.50. The molecule has 1 amide bonds. The van der Waals surface area contributed by atoms with E-state index in [4.69, 9.17) is 4.74 Å². The lowest BCUT2D eigenvalue weighted by Gasteiger charge is -2.27. The third kappa shape index (κ3) is 5.09. The molecule has 0 spiro atoms. The number of likely N-dealkylation sites (tertiary alicyclic amines) is 1. The van der Waals surface area contributed by atoms with Crippen molar-refractivity contribution in [2.45, 2.75) is 52.4 Å². The number of aryl methyl sites for hydroxylation is 1. The van der Waals surface area contributed by atoms with E-state index in [1.165, 1.54) is 12.8 Å². The molecule has 1 atom stereocenters. The molecule has 27 heavy (non-hydrogen) atoms. The van der Waals surface area contributed by atoms with E-state index in [0.29, 0.717) is 37.6 Å². The maximum atomic E-state index is 12.6. The Kier molecular flexibility index (Phi) is 6.88. The minimum absolute atomic E-state index is 0.126. The highest BCUT2D eigenvalue weighted by molar-refractivity contribution is 5.76. The zero-order valence-electron chi connectivity index (χ0n) is 16.6. The molecule has 1 unspecified atom stereocenters. The number of aromatic nitrogens is 2. The van der Waals surface area contributed by atoms with E-state index in [1.807, 2.05) is 16.7 Å². The topological polar surface area (TPSA) is 78.5 Å². The SMILES string of the molecule is CCC1CCCN(C(=O)CCc2c(C)nc(N3CCOCC3)[nH]c2=O)CC1. The standard InChI is InChI=1S/C20H32N4O3/c1-3-16-5-4-9-23(10-8-16)18(25)7-6-17-15(2)21-20(22-19(17)26)24-11-13-27-14-12-24/h16H,3-14H2,1-2H3,(H,21,22,26). The van der Waals surface area contributed by atoms with Gasteiger partial charge in [0.05, 0.1) is 13.2 Å². The second-order valence-corrected chi connectivity index (χ2v) is 7.64. The molecule has 150 valence electrons. The summed E-state index contributed by atoms with van der Waals surface area (Å²) in [5, 5.41) is 0. The largest absolute Gasteiger partial charge is 0.378 e. The van der Waals surface area contributed by atoms with Gasteiger partial charge >= 0.3 is 0 Å². The molecule has 1 N–H and O–H groups in total. The van der Waals surface area contributed by atoms with Gasteiger partial charge in [-0.25, -0.2) is 4.98 Å². The molecule has 2 aliphatic heterocycles. The third-order valence-corrected chi connectivity index (χ3v) is 5.89. The lowest BCUT2D eigenvalue weighted by Crippen LogP contribution is -2.39. The third-order valence-electron chi connectivity index (χ3n) is 5.89. The van der Waals surface area contributed by atoms with E-state index in [2.05, 4.69) is 16.9 Å². The monoisotopic (exact) mass is 376 g/mol. The zero-order chi connectivity index (χ0) is 19.2. The maximum Gasteiger partial charge on any atom is 0.255 e. The van der Waals surface area contributed by atoms with Crippen molar-refractivity contribution in [1.82, 2.24) is 14.9 Å². The Morgan fingerprint density at radius 2 is 2.00 bits per heavy atom. The van der Waals surface area contributed by atoms with Gasteiger partial charge in [0.15, 0.2) is 0 Å². The predicted molar refractivity (Wildman–Crippen MR) is 105 cm³/mol. The minimum atomic E-state index is -0.126. The maximum absolute atomic E-state index is 12.6. The van der Waals surface area contributed by atoms with Gasteiger partial charge < -0.3 is 14.5 Å². The molecule has 0 radical (unpaired) electrons. The fraction of sp³-hybridized carbons (Fsp3) is 0.750. The van der Waals surface area contributed by atoms with Crippen LogP contribution in [0.15, 0.2) is 4.79 Å². The smallest absolute Gasteiger partial charge is 0.255 e. The van der Waals surface area contributed by atoms with Gasteiger partial charge in [-0.3, -0.25) is 14.6 Å².